The first-order valence-electron chi connectivity index (χ1n) is 9.10. The van der Waals surface area contributed by atoms with Gasteiger partial charge < -0.3 is 30.3 Å². The third-order valence-corrected chi connectivity index (χ3v) is 4.64. The van der Waals surface area contributed by atoms with Crippen molar-refractivity contribution < 1.29 is 29.3 Å². The summed E-state index contributed by atoms with van der Waals surface area (Å²) in [4.78, 5) is 25.0. The number of benzene rings is 2. The molecule has 2 heterocycles. The Balaban J connectivity index is 0.000000204. The Labute approximate surface area is 167 Å². The molecule has 9 heteroatoms. The fourth-order valence-corrected chi connectivity index (χ4v) is 3.02. The number of phenolic OH excluding ortho intramolecular Hbond substituents is 1. The first-order chi connectivity index (χ1) is 13.9. The van der Waals surface area contributed by atoms with E-state index in [2.05, 4.69) is 4.90 Å². The number of ether oxygens (including phenoxy) is 2. The number of aromatic hydroxyl groups is 1. The van der Waals surface area contributed by atoms with E-state index in [1.165, 1.54) is 29.2 Å². The van der Waals surface area contributed by atoms with Crippen LogP contribution in [0, 0.1) is 0 Å². The standard InChI is InChI=1S/C13H16N2O4.C7H7NO2/c16-13(17)15-5-3-14(4-6-15)8-10-1-2-11-12(7-10)19-9-18-11;8-7(10)5-1-3-6(9)4-2-5/h1-2,7H,3-6,8-9H2,(H,16,17);1-4,9H,(H2,8,10). The topological polar surface area (TPSA) is 126 Å². The molecule has 9 nitrogen and oxygen atoms in total. The second-order valence-electron chi connectivity index (χ2n) is 6.64. The minimum atomic E-state index is -0.831. The predicted octanol–water partition coefficient (Wildman–Crippen LogP) is 1.70. The van der Waals surface area contributed by atoms with E-state index in [-0.39, 0.29) is 12.5 Å². The summed E-state index contributed by atoms with van der Waals surface area (Å²) in [5.41, 5.74) is 6.50. The lowest BCUT2D eigenvalue weighted by molar-refractivity contribution is 0.0998. The van der Waals surface area contributed by atoms with Crippen LogP contribution in [-0.2, 0) is 6.54 Å². The van der Waals surface area contributed by atoms with Crippen LogP contribution in [0.2, 0.25) is 0 Å². The highest BCUT2D eigenvalue weighted by molar-refractivity contribution is 5.92. The maximum Gasteiger partial charge on any atom is 0.407 e. The molecule has 154 valence electrons. The Morgan fingerprint density at radius 1 is 0.966 bits per heavy atom. The van der Waals surface area contributed by atoms with Crippen LogP contribution in [0.3, 0.4) is 0 Å². The van der Waals surface area contributed by atoms with Gasteiger partial charge in [-0.15, -0.1) is 0 Å². The number of amides is 2. The molecule has 2 amide bonds. The Kier molecular flexibility index (Phi) is 6.40. The zero-order valence-electron chi connectivity index (χ0n) is 15.8. The van der Waals surface area contributed by atoms with Gasteiger partial charge in [-0.1, -0.05) is 6.07 Å². The van der Waals surface area contributed by atoms with Gasteiger partial charge >= 0.3 is 6.09 Å². The zero-order valence-corrected chi connectivity index (χ0v) is 15.8. The van der Waals surface area contributed by atoms with Gasteiger partial charge in [0.15, 0.2) is 11.5 Å². The maximum atomic E-state index is 10.8. The molecule has 1 fully saturated rings. The van der Waals surface area contributed by atoms with E-state index < -0.39 is 12.0 Å². The van der Waals surface area contributed by atoms with Crippen molar-refractivity contribution in [2.45, 2.75) is 6.54 Å². The molecule has 0 aliphatic carbocycles. The van der Waals surface area contributed by atoms with Gasteiger partial charge in [0.2, 0.25) is 12.7 Å². The molecule has 2 aromatic carbocycles. The van der Waals surface area contributed by atoms with E-state index >= 15 is 0 Å². The van der Waals surface area contributed by atoms with Crippen molar-refractivity contribution in [1.29, 1.82) is 0 Å². The van der Waals surface area contributed by atoms with E-state index in [1.807, 2.05) is 18.2 Å². The van der Waals surface area contributed by atoms with Crippen molar-refractivity contribution in [3.63, 3.8) is 0 Å². The number of carbonyl (C=O) groups is 2. The van der Waals surface area contributed by atoms with Gasteiger partial charge in [0.05, 0.1) is 0 Å². The first kappa shape index (κ1) is 20.3. The van der Waals surface area contributed by atoms with Crippen molar-refractivity contribution in [2.24, 2.45) is 5.73 Å². The summed E-state index contributed by atoms with van der Waals surface area (Å²) in [7, 11) is 0. The molecular formula is C20H23N3O6. The minimum Gasteiger partial charge on any atom is -0.508 e. The minimum absolute atomic E-state index is 0.130. The molecule has 0 spiro atoms. The number of fused-ring (bicyclic) bond motifs is 1. The molecule has 29 heavy (non-hydrogen) atoms. The second-order valence-corrected chi connectivity index (χ2v) is 6.64. The fraction of sp³-hybridized carbons (Fsp3) is 0.300. The average Bonchev–Trinajstić information content (AvgIpc) is 3.17. The normalized spacial score (nSPS) is 15.4. The van der Waals surface area contributed by atoms with Crippen LogP contribution in [0.25, 0.3) is 0 Å². The second kappa shape index (κ2) is 9.16. The van der Waals surface area contributed by atoms with E-state index in [1.54, 1.807) is 0 Å². The van der Waals surface area contributed by atoms with Gasteiger partial charge in [-0.25, -0.2) is 4.79 Å². The highest BCUT2D eigenvalue weighted by Gasteiger charge is 2.21. The van der Waals surface area contributed by atoms with Gasteiger partial charge in [-0.2, -0.15) is 0 Å². The van der Waals surface area contributed by atoms with Crippen LogP contribution in [-0.4, -0.2) is 65.0 Å². The number of carboxylic acid groups (broad SMARTS) is 1. The fourth-order valence-electron chi connectivity index (χ4n) is 3.02. The molecule has 0 radical (unpaired) electrons. The summed E-state index contributed by atoms with van der Waals surface area (Å²) in [6.45, 7) is 3.77. The Morgan fingerprint density at radius 2 is 1.62 bits per heavy atom. The van der Waals surface area contributed by atoms with E-state index in [0.29, 0.717) is 18.7 Å². The molecule has 0 saturated carbocycles. The van der Waals surface area contributed by atoms with E-state index in [0.717, 1.165) is 36.7 Å². The molecular weight excluding hydrogens is 378 g/mol. The van der Waals surface area contributed by atoms with Crippen molar-refractivity contribution in [3.8, 4) is 17.2 Å². The SMILES string of the molecule is NC(=O)c1ccc(O)cc1.O=C(O)N1CCN(Cc2ccc3c(c2)OCO3)CC1. The molecule has 2 aliphatic heterocycles. The predicted molar refractivity (Wildman–Crippen MR) is 104 cm³/mol. The summed E-state index contributed by atoms with van der Waals surface area (Å²) in [6.07, 6.45) is -0.831. The van der Waals surface area contributed by atoms with Crippen LogP contribution in [0.1, 0.15) is 15.9 Å². The number of primary amides is 1. The molecule has 0 bridgehead atoms. The molecule has 2 aliphatic rings. The monoisotopic (exact) mass is 401 g/mol. The number of hydrogen-bond donors (Lipinski definition) is 3. The van der Waals surface area contributed by atoms with E-state index in [9.17, 15) is 9.59 Å². The number of carbonyl (C=O) groups excluding carboxylic acids is 1. The van der Waals surface area contributed by atoms with Crippen LogP contribution in [0.15, 0.2) is 42.5 Å². The molecule has 4 rings (SSSR count). The van der Waals surface area contributed by atoms with Crippen LogP contribution < -0.4 is 15.2 Å². The summed E-state index contributed by atoms with van der Waals surface area (Å²) in [6, 6.07) is 11.7. The number of phenols is 1. The summed E-state index contributed by atoms with van der Waals surface area (Å²) < 4.78 is 10.6. The largest absolute Gasteiger partial charge is 0.508 e. The van der Waals surface area contributed by atoms with Crippen LogP contribution >= 0.6 is 0 Å². The lowest BCUT2D eigenvalue weighted by Crippen LogP contribution is -2.47. The van der Waals surface area contributed by atoms with Crippen molar-refractivity contribution >= 4 is 12.0 Å². The Morgan fingerprint density at radius 3 is 2.24 bits per heavy atom. The van der Waals surface area contributed by atoms with Gasteiger partial charge in [-0.05, 0) is 42.0 Å². The van der Waals surface area contributed by atoms with Crippen molar-refractivity contribution in [2.75, 3.05) is 33.0 Å². The van der Waals surface area contributed by atoms with Crippen molar-refractivity contribution in [3.05, 3.63) is 53.6 Å². The number of nitrogens with two attached hydrogens (primary N) is 1. The molecule has 4 N–H and O–H groups in total. The highest BCUT2D eigenvalue weighted by atomic mass is 16.7. The number of hydrogen-bond acceptors (Lipinski definition) is 6. The van der Waals surface area contributed by atoms with Gasteiger partial charge in [-0.3, -0.25) is 9.69 Å². The lowest BCUT2D eigenvalue weighted by atomic mass is 10.1. The summed E-state index contributed by atoms with van der Waals surface area (Å²) in [5, 5.41) is 17.7. The summed E-state index contributed by atoms with van der Waals surface area (Å²) >= 11 is 0. The molecule has 0 aromatic heterocycles. The van der Waals surface area contributed by atoms with Crippen molar-refractivity contribution in [1.82, 2.24) is 9.80 Å². The molecule has 0 atom stereocenters. The number of rotatable bonds is 3. The maximum absolute atomic E-state index is 10.8. The van der Waals surface area contributed by atoms with Crippen LogP contribution in [0.5, 0.6) is 17.2 Å². The third kappa shape index (κ3) is 5.52. The average molecular weight is 401 g/mol. The summed E-state index contributed by atoms with van der Waals surface area (Å²) in [5.74, 6) is 1.23. The Bertz CT molecular complexity index is 863. The third-order valence-electron chi connectivity index (χ3n) is 4.64. The number of nitrogens with zero attached hydrogens (tertiary/aromatic N) is 2. The zero-order chi connectivity index (χ0) is 20.8. The number of piperazine rings is 1. The molecule has 1 saturated heterocycles. The van der Waals surface area contributed by atoms with Gasteiger partial charge in [0.25, 0.3) is 0 Å². The smallest absolute Gasteiger partial charge is 0.407 e. The molecule has 2 aromatic rings. The van der Waals surface area contributed by atoms with Gasteiger partial charge in [0, 0.05) is 38.3 Å². The first-order valence-corrected chi connectivity index (χ1v) is 9.10. The van der Waals surface area contributed by atoms with Crippen LogP contribution in [0.4, 0.5) is 4.79 Å². The van der Waals surface area contributed by atoms with E-state index in [4.69, 9.17) is 25.4 Å². The van der Waals surface area contributed by atoms with Gasteiger partial charge in [0.1, 0.15) is 5.75 Å². The Hall–Kier alpha value is -3.46. The quantitative estimate of drug-likeness (QED) is 0.715. The highest BCUT2D eigenvalue weighted by Crippen LogP contribution is 2.32. The molecule has 0 unspecified atom stereocenters. The lowest BCUT2D eigenvalue weighted by Gasteiger charge is -2.33.